The van der Waals surface area contributed by atoms with Crippen molar-refractivity contribution in [2.24, 2.45) is 0 Å². The molecule has 5 rings (SSSR count). The quantitative estimate of drug-likeness (QED) is 0.426. The summed E-state index contributed by atoms with van der Waals surface area (Å²) in [6.07, 6.45) is 0.973. The lowest BCUT2D eigenvalue weighted by molar-refractivity contribution is 0.258. The predicted octanol–water partition coefficient (Wildman–Crippen LogP) is 5.14. The van der Waals surface area contributed by atoms with E-state index in [0.29, 0.717) is 6.04 Å². The van der Waals surface area contributed by atoms with Gasteiger partial charge >= 0.3 is 0 Å². The highest BCUT2D eigenvalue weighted by Gasteiger charge is 2.20. The minimum Gasteiger partial charge on any atom is -0.497 e. The molecule has 0 radical (unpaired) electrons. The number of hydrogen-bond acceptors (Lipinski definition) is 4. The summed E-state index contributed by atoms with van der Waals surface area (Å²) in [4.78, 5) is 10.1. The molecule has 166 valence electrons. The molecule has 1 aliphatic heterocycles. The Morgan fingerprint density at radius 1 is 0.938 bits per heavy atom. The van der Waals surface area contributed by atoms with Gasteiger partial charge in [0.1, 0.15) is 11.6 Å². The molecule has 0 unspecified atom stereocenters. The van der Waals surface area contributed by atoms with Crippen LogP contribution < -0.4 is 9.64 Å². The largest absolute Gasteiger partial charge is 0.497 e. The number of nitrogens with zero attached hydrogens (tertiary/aromatic N) is 4. The number of aromatic nitrogens is 2. The fourth-order valence-corrected chi connectivity index (χ4v) is 4.94. The van der Waals surface area contributed by atoms with Crippen LogP contribution in [0.5, 0.6) is 5.75 Å². The first-order valence-corrected chi connectivity index (χ1v) is 11.6. The molecule has 1 aliphatic rings. The first-order valence-electron chi connectivity index (χ1n) is 11.6. The number of rotatable bonds is 6. The molecule has 0 aliphatic carbocycles. The molecule has 0 N–H and O–H groups in total. The van der Waals surface area contributed by atoms with Gasteiger partial charge in [0.25, 0.3) is 0 Å². The van der Waals surface area contributed by atoms with E-state index < -0.39 is 0 Å². The van der Waals surface area contributed by atoms with Crippen molar-refractivity contribution < 1.29 is 4.74 Å². The number of ether oxygens (including phenoxy) is 1. The van der Waals surface area contributed by atoms with Crippen molar-refractivity contribution in [2.45, 2.75) is 26.3 Å². The van der Waals surface area contributed by atoms with Gasteiger partial charge in [0.05, 0.1) is 18.1 Å². The van der Waals surface area contributed by atoms with E-state index in [4.69, 9.17) is 9.72 Å². The molecule has 32 heavy (non-hydrogen) atoms. The monoisotopic (exact) mass is 428 g/mol. The minimum absolute atomic E-state index is 0.380. The van der Waals surface area contributed by atoms with Gasteiger partial charge in [-0.05, 0) is 37.4 Å². The van der Waals surface area contributed by atoms with Crippen LogP contribution in [-0.4, -0.2) is 54.3 Å². The summed E-state index contributed by atoms with van der Waals surface area (Å²) >= 11 is 0. The summed E-state index contributed by atoms with van der Waals surface area (Å²) in [5.41, 5.74) is 3.63. The number of anilines is 1. The molecule has 2 heterocycles. The zero-order chi connectivity index (χ0) is 22.1. The van der Waals surface area contributed by atoms with Crippen LogP contribution in [-0.2, 0) is 6.42 Å². The standard InChI is InChI=1S/C27H32N4O/c1-20(2)31-26(28-25-12-11-21-7-4-5-10-24(21)27(25)31)13-14-29-15-17-30(18-16-29)22-8-6-9-23(19-22)32-3/h4-12,19-20H,13-18H2,1-3H3. The maximum Gasteiger partial charge on any atom is 0.120 e. The highest BCUT2D eigenvalue weighted by Crippen LogP contribution is 2.29. The number of fused-ring (bicyclic) bond motifs is 3. The lowest BCUT2D eigenvalue weighted by atomic mass is 10.1. The molecule has 0 amide bonds. The second kappa shape index (κ2) is 8.83. The molecule has 0 atom stereocenters. The normalized spacial score (nSPS) is 15.2. The van der Waals surface area contributed by atoms with E-state index in [1.807, 2.05) is 6.07 Å². The maximum absolute atomic E-state index is 5.39. The first-order chi connectivity index (χ1) is 15.6. The Balaban J connectivity index is 1.31. The van der Waals surface area contributed by atoms with Gasteiger partial charge in [0.15, 0.2) is 0 Å². The SMILES string of the molecule is COc1cccc(N2CCN(CCc3nc4ccc5ccccc5c4n3C(C)C)CC2)c1. The topological polar surface area (TPSA) is 33.5 Å². The van der Waals surface area contributed by atoms with Crippen LogP contribution in [0.1, 0.15) is 25.7 Å². The van der Waals surface area contributed by atoms with Crippen LogP contribution >= 0.6 is 0 Å². The van der Waals surface area contributed by atoms with E-state index in [-0.39, 0.29) is 0 Å². The average Bonchev–Trinajstić information content (AvgIpc) is 3.22. The minimum atomic E-state index is 0.380. The van der Waals surface area contributed by atoms with E-state index in [9.17, 15) is 0 Å². The van der Waals surface area contributed by atoms with Crippen LogP contribution in [0.3, 0.4) is 0 Å². The zero-order valence-corrected chi connectivity index (χ0v) is 19.3. The molecule has 1 aromatic heterocycles. The molecule has 1 saturated heterocycles. The second-order valence-corrected chi connectivity index (χ2v) is 8.93. The van der Waals surface area contributed by atoms with E-state index in [1.54, 1.807) is 7.11 Å². The third kappa shape index (κ3) is 3.93. The van der Waals surface area contributed by atoms with Gasteiger partial charge in [0, 0.05) is 62.3 Å². The fraction of sp³-hybridized carbons (Fsp3) is 0.370. The van der Waals surface area contributed by atoms with Gasteiger partial charge in [-0.15, -0.1) is 0 Å². The predicted molar refractivity (Wildman–Crippen MR) is 133 cm³/mol. The number of piperazine rings is 1. The van der Waals surface area contributed by atoms with Gasteiger partial charge in [0.2, 0.25) is 0 Å². The number of imidazole rings is 1. The van der Waals surface area contributed by atoms with Crippen molar-refractivity contribution in [1.82, 2.24) is 14.5 Å². The highest BCUT2D eigenvalue weighted by atomic mass is 16.5. The maximum atomic E-state index is 5.39. The van der Waals surface area contributed by atoms with Gasteiger partial charge in [-0.2, -0.15) is 0 Å². The van der Waals surface area contributed by atoms with E-state index in [1.165, 1.54) is 27.8 Å². The molecule has 0 bridgehead atoms. The Morgan fingerprint density at radius 2 is 1.75 bits per heavy atom. The highest BCUT2D eigenvalue weighted by molar-refractivity contribution is 6.04. The Hall–Kier alpha value is -3.05. The van der Waals surface area contributed by atoms with Gasteiger partial charge in [-0.1, -0.05) is 36.4 Å². The number of hydrogen-bond donors (Lipinski definition) is 0. The lowest BCUT2D eigenvalue weighted by Gasteiger charge is -2.36. The first kappa shape index (κ1) is 20.8. The molecule has 3 aromatic carbocycles. The van der Waals surface area contributed by atoms with Crippen molar-refractivity contribution in [1.29, 1.82) is 0 Å². The molecule has 5 heteroatoms. The molecule has 1 fully saturated rings. The smallest absolute Gasteiger partial charge is 0.120 e. The zero-order valence-electron chi connectivity index (χ0n) is 19.3. The summed E-state index contributed by atoms with van der Waals surface area (Å²) < 4.78 is 7.84. The molecule has 0 spiro atoms. The Labute approximate surface area is 190 Å². The number of benzene rings is 3. The summed E-state index contributed by atoms with van der Waals surface area (Å²) in [5.74, 6) is 2.12. The van der Waals surface area contributed by atoms with Crippen molar-refractivity contribution >= 4 is 27.5 Å². The van der Waals surface area contributed by atoms with Crippen molar-refractivity contribution in [2.75, 3.05) is 44.7 Å². The van der Waals surface area contributed by atoms with E-state index >= 15 is 0 Å². The van der Waals surface area contributed by atoms with Gasteiger partial charge in [-0.25, -0.2) is 4.98 Å². The summed E-state index contributed by atoms with van der Waals surface area (Å²) in [6.45, 7) is 9.79. The Morgan fingerprint density at radius 3 is 2.53 bits per heavy atom. The van der Waals surface area contributed by atoms with E-state index in [2.05, 4.69) is 82.8 Å². The number of methoxy groups -OCH3 is 1. The van der Waals surface area contributed by atoms with Crippen LogP contribution in [0.25, 0.3) is 21.8 Å². The van der Waals surface area contributed by atoms with Crippen molar-refractivity contribution in [3.05, 3.63) is 66.5 Å². The Bertz CT molecular complexity index is 1220. The third-order valence-electron chi connectivity index (χ3n) is 6.61. The molecule has 0 saturated carbocycles. The summed E-state index contributed by atoms with van der Waals surface area (Å²) in [6, 6.07) is 21.8. The van der Waals surface area contributed by atoms with Crippen LogP contribution in [0, 0.1) is 0 Å². The lowest BCUT2D eigenvalue weighted by Crippen LogP contribution is -2.47. The molecule has 4 aromatic rings. The molecular weight excluding hydrogens is 396 g/mol. The molecular formula is C27H32N4O. The van der Waals surface area contributed by atoms with E-state index in [0.717, 1.165) is 50.4 Å². The average molecular weight is 429 g/mol. The van der Waals surface area contributed by atoms with Crippen molar-refractivity contribution in [3.8, 4) is 5.75 Å². The van der Waals surface area contributed by atoms with Gasteiger partial charge < -0.3 is 14.2 Å². The Kier molecular flexibility index (Phi) is 5.75. The second-order valence-electron chi connectivity index (χ2n) is 8.93. The van der Waals surface area contributed by atoms with Crippen LogP contribution in [0.15, 0.2) is 60.7 Å². The van der Waals surface area contributed by atoms with Crippen molar-refractivity contribution in [3.63, 3.8) is 0 Å². The summed E-state index contributed by atoms with van der Waals surface area (Å²) in [7, 11) is 1.73. The summed E-state index contributed by atoms with van der Waals surface area (Å²) in [5, 5.41) is 2.58. The van der Waals surface area contributed by atoms with Gasteiger partial charge in [-0.3, -0.25) is 4.90 Å². The van der Waals surface area contributed by atoms with Crippen LogP contribution in [0.2, 0.25) is 0 Å². The van der Waals surface area contributed by atoms with Crippen LogP contribution in [0.4, 0.5) is 5.69 Å². The molecule has 5 nitrogen and oxygen atoms in total. The third-order valence-corrected chi connectivity index (χ3v) is 6.61. The fourth-order valence-electron chi connectivity index (χ4n) is 4.94.